The van der Waals surface area contributed by atoms with Gasteiger partial charge in [-0.2, -0.15) is 0 Å². The first-order valence-corrected chi connectivity index (χ1v) is 11.4. The van der Waals surface area contributed by atoms with E-state index in [4.69, 9.17) is 14.5 Å². The largest absolute Gasteiger partial charge is 0.489 e. The van der Waals surface area contributed by atoms with Crippen molar-refractivity contribution in [2.45, 2.75) is 25.5 Å². The van der Waals surface area contributed by atoms with Gasteiger partial charge in [-0.1, -0.05) is 0 Å². The predicted molar refractivity (Wildman–Crippen MR) is 121 cm³/mol. The van der Waals surface area contributed by atoms with Crippen molar-refractivity contribution in [3.63, 3.8) is 0 Å². The van der Waals surface area contributed by atoms with Crippen LogP contribution in [0.15, 0.2) is 40.6 Å². The minimum atomic E-state index is -0.180. The molecule has 2 aliphatic heterocycles. The molecule has 2 fully saturated rings. The van der Waals surface area contributed by atoms with Gasteiger partial charge in [-0.25, -0.2) is 4.98 Å². The molecule has 158 valence electrons. The van der Waals surface area contributed by atoms with Crippen LogP contribution in [0.3, 0.4) is 0 Å². The molecule has 3 aromatic heterocycles. The molecule has 0 radical (unpaired) electrons. The first-order chi connectivity index (χ1) is 15.1. The summed E-state index contributed by atoms with van der Waals surface area (Å²) in [6, 6.07) is 8.31. The molecular weight excluding hydrogens is 412 g/mol. The molecule has 0 bridgehead atoms. The fraction of sp³-hybridized carbons (Fsp3) is 0.348. The summed E-state index contributed by atoms with van der Waals surface area (Å²) < 4.78 is 12.7. The average Bonchev–Trinajstić information content (AvgIpc) is 3.36. The number of aromatic amines is 1. The molecule has 2 aliphatic rings. The standard InChI is InChI=1S/C23H22N4O3S/c1-13-6-17(30-16-2-4-27(10-16)15-11-29-12-15)8-18-21(13)25-22(26-23(18)28)19-7-14-3-5-31-20(14)9-24-19/h3,5-9,15-16H,2,4,10-12H2,1H3,(H,25,26,28)/t16-/m0/s1. The minimum absolute atomic E-state index is 0.130. The van der Waals surface area contributed by atoms with Crippen molar-refractivity contribution >= 4 is 32.3 Å². The van der Waals surface area contributed by atoms with Crippen LogP contribution in [0.25, 0.3) is 32.5 Å². The highest BCUT2D eigenvalue weighted by Gasteiger charge is 2.33. The highest BCUT2D eigenvalue weighted by Crippen LogP contribution is 2.28. The Hall–Kier alpha value is -2.81. The number of likely N-dealkylation sites (tertiary alicyclic amines) is 1. The maximum atomic E-state index is 12.9. The molecule has 8 heteroatoms. The SMILES string of the molecule is Cc1cc(O[C@H]2CCN(C3COC3)C2)cc2c(=O)[nH]c(-c3cc4ccsc4cn3)nc12. The summed E-state index contributed by atoms with van der Waals surface area (Å²) >= 11 is 1.64. The molecular formula is C23H22N4O3S. The quantitative estimate of drug-likeness (QED) is 0.531. The van der Waals surface area contributed by atoms with Gasteiger partial charge in [-0.05, 0) is 53.9 Å². The zero-order valence-corrected chi connectivity index (χ0v) is 17.9. The van der Waals surface area contributed by atoms with E-state index >= 15 is 0 Å². The maximum absolute atomic E-state index is 12.9. The number of aryl methyl sites for hydroxylation is 1. The molecule has 4 aromatic rings. The number of ether oxygens (including phenoxy) is 2. The van der Waals surface area contributed by atoms with Crippen molar-refractivity contribution in [3.05, 3.63) is 51.8 Å². The number of hydrogen-bond acceptors (Lipinski definition) is 7. The number of rotatable bonds is 4. The molecule has 0 aliphatic carbocycles. The number of nitrogens with zero attached hydrogens (tertiary/aromatic N) is 3. The summed E-state index contributed by atoms with van der Waals surface area (Å²) in [7, 11) is 0. The Morgan fingerprint density at radius 1 is 1.29 bits per heavy atom. The van der Waals surface area contributed by atoms with E-state index in [2.05, 4.69) is 14.9 Å². The lowest BCUT2D eigenvalue weighted by Gasteiger charge is -2.34. The number of benzene rings is 1. The van der Waals surface area contributed by atoms with Crippen molar-refractivity contribution in [1.82, 2.24) is 19.9 Å². The van der Waals surface area contributed by atoms with Gasteiger partial charge in [-0.3, -0.25) is 14.7 Å². The summed E-state index contributed by atoms with van der Waals surface area (Å²) in [6.07, 6.45) is 2.94. The third kappa shape index (κ3) is 3.40. The lowest BCUT2D eigenvalue weighted by atomic mass is 10.1. The molecule has 0 spiro atoms. The van der Waals surface area contributed by atoms with E-state index < -0.39 is 0 Å². The van der Waals surface area contributed by atoms with Crippen molar-refractivity contribution in [2.75, 3.05) is 26.3 Å². The van der Waals surface area contributed by atoms with E-state index in [-0.39, 0.29) is 11.7 Å². The first kappa shape index (κ1) is 18.9. The van der Waals surface area contributed by atoms with E-state index in [1.807, 2.05) is 42.8 Å². The number of nitrogens with one attached hydrogen (secondary N) is 1. The lowest BCUT2D eigenvalue weighted by molar-refractivity contribution is -0.0592. The average molecular weight is 435 g/mol. The molecule has 6 rings (SSSR count). The Bertz CT molecular complexity index is 1340. The number of aromatic nitrogens is 3. The van der Waals surface area contributed by atoms with Crippen LogP contribution >= 0.6 is 11.3 Å². The number of pyridine rings is 1. The van der Waals surface area contributed by atoms with Gasteiger partial charge in [0.2, 0.25) is 0 Å². The van der Waals surface area contributed by atoms with Crippen LogP contribution in [-0.4, -0.2) is 58.3 Å². The Kier molecular flexibility index (Phi) is 4.52. The van der Waals surface area contributed by atoms with E-state index in [1.165, 1.54) is 0 Å². The summed E-state index contributed by atoms with van der Waals surface area (Å²) in [5.41, 5.74) is 2.08. The second kappa shape index (κ2) is 7.40. The zero-order chi connectivity index (χ0) is 20.9. The zero-order valence-electron chi connectivity index (χ0n) is 17.1. The van der Waals surface area contributed by atoms with Gasteiger partial charge in [0.15, 0.2) is 5.82 Å². The van der Waals surface area contributed by atoms with Crippen LogP contribution in [0.4, 0.5) is 0 Å². The van der Waals surface area contributed by atoms with Gasteiger partial charge in [-0.15, -0.1) is 11.3 Å². The Morgan fingerprint density at radius 2 is 2.19 bits per heavy atom. The third-order valence-corrected chi connectivity index (χ3v) is 7.04. The van der Waals surface area contributed by atoms with E-state index in [0.29, 0.717) is 28.5 Å². The topological polar surface area (TPSA) is 80.3 Å². The molecule has 7 nitrogen and oxygen atoms in total. The summed E-state index contributed by atoms with van der Waals surface area (Å²) in [5, 5.41) is 3.66. The predicted octanol–water partition coefficient (Wildman–Crippen LogP) is 3.36. The minimum Gasteiger partial charge on any atom is -0.489 e. The van der Waals surface area contributed by atoms with Gasteiger partial charge in [0.05, 0.1) is 34.9 Å². The number of thiophene rings is 1. The molecule has 1 atom stereocenters. The molecule has 0 saturated carbocycles. The Morgan fingerprint density at radius 3 is 3.03 bits per heavy atom. The highest BCUT2D eigenvalue weighted by molar-refractivity contribution is 7.17. The smallest absolute Gasteiger partial charge is 0.259 e. The monoisotopic (exact) mass is 434 g/mol. The van der Waals surface area contributed by atoms with Crippen molar-refractivity contribution < 1.29 is 9.47 Å². The van der Waals surface area contributed by atoms with Crippen molar-refractivity contribution in [1.29, 1.82) is 0 Å². The lowest BCUT2D eigenvalue weighted by Crippen LogP contribution is -2.48. The normalized spacial score (nSPS) is 19.8. The summed E-state index contributed by atoms with van der Waals surface area (Å²) in [4.78, 5) is 27.5. The van der Waals surface area contributed by atoms with Crippen LogP contribution in [0.2, 0.25) is 0 Å². The van der Waals surface area contributed by atoms with Crippen LogP contribution in [0.5, 0.6) is 5.75 Å². The molecule has 1 N–H and O–H groups in total. The molecule has 0 amide bonds. The maximum Gasteiger partial charge on any atom is 0.259 e. The third-order valence-electron chi connectivity index (χ3n) is 6.17. The summed E-state index contributed by atoms with van der Waals surface area (Å²) in [5.74, 6) is 1.20. The van der Waals surface area contributed by atoms with Gasteiger partial charge in [0.25, 0.3) is 5.56 Å². The fourth-order valence-corrected chi connectivity index (χ4v) is 5.12. The highest BCUT2D eigenvalue weighted by atomic mass is 32.1. The second-order valence-electron chi connectivity index (χ2n) is 8.29. The van der Waals surface area contributed by atoms with Gasteiger partial charge in [0.1, 0.15) is 17.5 Å². The second-order valence-corrected chi connectivity index (χ2v) is 9.24. The molecule has 31 heavy (non-hydrogen) atoms. The van der Waals surface area contributed by atoms with E-state index in [9.17, 15) is 4.79 Å². The number of hydrogen-bond donors (Lipinski definition) is 1. The Balaban J connectivity index is 1.31. The summed E-state index contributed by atoms with van der Waals surface area (Å²) in [6.45, 7) is 5.53. The van der Waals surface area contributed by atoms with Gasteiger partial charge in [0, 0.05) is 19.3 Å². The van der Waals surface area contributed by atoms with Crippen LogP contribution in [-0.2, 0) is 4.74 Å². The number of fused-ring (bicyclic) bond motifs is 2. The van der Waals surface area contributed by atoms with Crippen molar-refractivity contribution in [2.24, 2.45) is 0 Å². The molecule has 5 heterocycles. The number of H-pyrrole nitrogens is 1. The first-order valence-electron chi connectivity index (χ1n) is 10.5. The molecule has 2 saturated heterocycles. The van der Waals surface area contributed by atoms with Crippen LogP contribution in [0.1, 0.15) is 12.0 Å². The fourth-order valence-electron chi connectivity index (χ4n) is 4.38. The van der Waals surface area contributed by atoms with E-state index in [0.717, 1.165) is 54.1 Å². The van der Waals surface area contributed by atoms with Gasteiger partial charge >= 0.3 is 0 Å². The Labute approximate surface area is 182 Å². The van der Waals surface area contributed by atoms with Gasteiger partial charge < -0.3 is 14.5 Å². The van der Waals surface area contributed by atoms with Crippen LogP contribution in [0, 0.1) is 6.92 Å². The van der Waals surface area contributed by atoms with E-state index in [1.54, 1.807) is 11.3 Å². The van der Waals surface area contributed by atoms with Crippen molar-refractivity contribution in [3.8, 4) is 17.3 Å². The molecule has 0 unspecified atom stereocenters. The van der Waals surface area contributed by atoms with Crippen LogP contribution < -0.4 is 10.3 Å². The molecule has 1 aromatic carbocycles.